The third-order valence-corrected chi connectivity index (χ3v) is 4.23. The Balaban J connectivity index is 2.61. The Kier molecular flexibility index (Phi) is 2.92. The number of anilines is 1. The molecule has 96 valence electrons. The lowest BCUT2D eigenvalue weighted by molar-refractivity contribution is 1.18. The molecule has 0 aliphatic heterocycles. The van der Waals surface area contributed by atoms with Crippen molar-refractivity contribution in [2.75, 3.05) is 5.43 Å². The van der Waals surface area contributed by atoms with Gasteiger partial charge in [0.2, 0.25) is 0 Å². The second-order valence-corrected chi connectivity index (χ2v) is 5.50. The van der Waals surface area contributed by atoms with Crippen LogP contribution in [0.15, 0.2) is 34.8 Å². The van der Waals surface area contributed by atoms with Gasteiger partial charge in [0, 0.05) is 20.9 Å². The van der Waals surface area contributed by atoms with Crippen LogP contribution in [0.5, 0.6) is 0 Å². The van der Waals surface area contributed by atoms with Crippen LogP contribution in [0.2, 0.25) is 0 Å². The number of nitrogens with zero attached hydrogens (tertiary/aromatic N) is 1. The topological polar surface area (TPSA) is 50.9 Å². The molecule has 2 aromatic carbocycles. The SMILES string of the molecule is Cc1nc2c(cc(Br)c3ccccc32)c(NN)c1C. The van der Waals surface area contributed by atoms with Crippen LogP contribution in [0, 0.1) is 13.8 Å². The molecule has 0 atom stereocenters. The number of rotatable bonds is 1. The minimum absolute atomic E-state index is 0.939. The number of aryl methyl sites for hydroxylation is 1. The molecule has 19 heavy (non-hydrogen) atoms. The molecule has 4 heteroatoms. The highest BCUT2D eigenvalue weighted by molar-refractivity contribution is 9.10. The number of nitrogen functional groups attached to an aromatic ring is 1. The summed E-state index contributed by atoms with van der Waals surface area (Å²) < 4.78 is 1.05. The van der Waals surface area contributed by atoms with E-state index in [4.69, 9.17) is 10.8 Å². The molecule has 3 aromatic rings. The fraction of sp³-hybridized carbons (Fsp3) is 0.133. The number of halogens is 1. The van der Waals surface area contributed by atoms with Crippen molar-refractivity contribution in [1.29, 1.82) is 0 Å². The van der Waals surface area contributed by atoms with E-state index < -0.39 is 0 Å². The molecule has 1 heterocycles. The average Bonchev–Trinajstić information content (AvgIpc) is 2.42. The van der Waals surface area contributed by atoms with E-state index in [1.165, 1.54) is 0 Å². The van der Waals surface area contributed by atoms with E-state index in [9.17, 15) is 0 Å². The molecule has 0 saturated carbocycles. The molecule has 3 nitrogen and oxygen atoms in total. The van der Waals surface area contributed by atoms with Crippen molar-refractivity contribution in [2.45, 2.75) is 13.8 Å². The van der Waals surface area contributed by atoms with Gasteiger partial charge in [-0.15, -0.1) is 0 Å². The first-order valence-electron chi connectivity index (χ1n) is 6.08. The van der Waals surface area contributed by atoms with E-state index in [1.807, 2.05) is 26.0 Å². The number of pyridine rings is 1. The number of aromatic nitrogens is 1. The second-order valence-electron chi connectivity index (χ2n) is 4.64. The summed E-state index contributed by atoms with van der Waals surface area (Å²) >= 11 is 3.63. The highest BCUT2D eigenvalue weighted by atomic mass is 79.9. The van der Waals surface area contributed by atoms with Gasteiger partial charge in [0.25, 0.3) is 0 Å². The van der Waals surface area contributed by atoms with E-state index in [1.54, 1.807) is 0 Å². The van der Waals surface area contributed by atoms with E-state index >= 15 is 0 Å². The molecule has 0 spiro atoms. The highest BCUT2D eigenvalue weighted by Crippen LogP contribution is 2.36. The first kappa shape index (κ1) is 12.4. The van der Waals surface area contributed by atoms with Crippen LogP contribution in [0.4, 0.5) is 5.69 Å². The standard InChI is InChI=1S/C15H14BrN3/c1-8-9(2)18-15-11-6-4-3-5-10(11)13(16)7-12(15)14(8)19-17/h3-7H,17H2,1-2H3,(H,18,19). The number of hydrazine groups is 1. The Morgan fingerprint density at radius 1 is 1.11 bits per heavy atom. The van der Waals surface area contributed by atoms with Gasteiger partial charge in [0.15, 0.2) is 0 Å². The monoisotopic (exact) mass is 315 g/mol. The minimum atomic E-state index is 0.939. The van der Waals surface area contributed by atoms with Crippen LogP contribution in [0.1, 0.15) is 11.3 Å². The summed E-state index contributed by atoms with van der Waals surface area (Å²) in [4.78, 5) is 4.74. The fourth-order valence-electron chi connectivity index (χ4n) is 2.45. The largest absolute Gasteiger partial charge is 0.323 e. The van der Waals surface area contributed by atoms with Gasteiger partial charge in [0.1, 0.15) is 0 Å². The van der Waals surface area contributed by atoms with E-state index in [0.717, 1.165) is 43.1 Å². The number of hydrogen-bond acceptors (Lipinski definition) is 3. The number of nitrogens with one attached hydrogen (secondary N) is 1. The molecule has 0 radical (unpaired) electrons. The number of fused-ring (bicyclic) bond motifs is 3. The van der Waals surface area contributed by atoms with Gasteiger partial charge in [-0.05, 0) is 30.9 Å². The molecule has 3 N–H and O–H groups in total. The molecule has 0 aliphatic rings. The van der Waals surface area contributed by atoms with Crippen molar-refractivity contribution in [3.05, 3.63) is 46.1 Å². The van der Waals surface area contributed by atoms with Crippen molar-refractivity contribution in [1.82, 2.24) is 4.98 Å². The van der Waals surface area contributed by atoms with Crippen molar-refractivity contribution in [3.63, 3.8) is 0 Å². The Morgan fingerprint density at radius 3 is 2.47 bits per heavy atom. The molecule has 0 amide bonds. The first-order chi connectivity index (χ1) is 9.13. The molecule has 1 aromatic heterocycles. The summed E-state index contributed by atoms with van der Waals surface area (Å²) in [6, 6.07) is 10.3. The Hall–Kier alpha value is -1.65. The predicted molar refractivity (Wildman–Crippen MR) is 84.2 cm³/mol. The molecule has 0 saturated heterocycles. The zero-order valence-corrected chi connectivity index (χ0v) is 12.4. The Bertz CT molecular complexity index is 796. The minimum Gasteiger partial charge on any atom is -0.323 e. The normalized spacial score (nSPS) is 11.2. The summed E-state index contributed by atoms with van der Waals surface area (Å²) in [6.07, 6.45) is 0. The summed E-state index contributed by atoms with van der Waals surface area (Å²) in [5.74, 6) is 5.69. The van der Waals surface area contributed by atoms with Gasteiger partial charge in [-0.1, -0.05) is 40.2 Å². The zero-order valence-electron chi connectivity index (χ0n) is 10.8. The van der Waals surface area contributed by atoms with E-state index in [0.29, 0.717) is 0 Å². The molecule has 0 aliphatic carbocycles. The summed E-state index contributed by atoms with van der Waals surface area (Å²) in [5, 5.41) is 3.33. The van der Waals surface area contributed by atoms with E-state index in [-0.39, 0.29) is 0 Å². The molecule has 0 fully saturated rings. The number of nitrogens with two attached hydrogens (primary N) is 1. The van der Waals surface area contributed by atoms with Crippen LogP contribution in [-0.2, 0) is 0 Å². The third-order valence-electron chi connectivity index (χ3n) is 3.58. The predicted octanol–water partition coefficient (Wildman–Crippen LogP) is 4.05. The van der Waals surface area contributed by atoms with Crippen LogP contribution in [-0.4, -0.2) is 4.98 Å². The average molecular weight is 316 g/mol. The van der Waals surface area contributed by atoms with E-state index in [2.05, 4.69) is 39.6 Å². The van der Waals surface area contributed by atoms with Gasteiger partial charge < -0.3 is 5.43 Å². The van der Waals surface area contributed by atoms with Gasteiger partial charge in [-0.3, -0.25) is 10.8 Å². The maximum Gasteiger partial charge on any atom is 0.0805 e. The molecular formula is C15H14BrN3. The van der Waals surface area contributed by atoms with Crippen LogP contribution in [0.25, 0.3) is 21.7 Å². The van der Waals surface area contributed by atoms with Crippen LogP contribution in [0.3, 0.4) is 0 Å². The van der Waals surface area contributed by atoms with Crippen LogP contribution < -0.4 is 11.3 Å². The first-order valence-corrected chi connectivity index (χ1v) is 6.87. The highest BCUT2D eigenvalue weighted by Gasteiger charge is 2.12. The van der Waals surface area contributed by atoms with Gasteiger partial charge >= 0.3 is 0 Å². The third kappa shape index (κ3) is 1.79. The molecule has 3 rings (SSSR count). The molecule has 0 unspecified atom stereocenters. The summed E-state index contributed by atoms with van der Waals surface area (Å²) in [6.45, 7) is 4.03. The van der Waals surface area contributed by atoms with Crippen molar-refractivity contribution in [3.8, 4) is 0 Å². The maximum absolute atomic E-state index is 5.69. The van der Waals surface area contributed by atoms with Gasteiger partial charge in [-0.2, -0.15) is 0 Å². The Labute approximate surface area is 119 Å². The maximum atomic E-state index is 5.69. The van der Waals surface area contributed by atoms with Crippen molar-refractivity contribution >= 4 is 43.3 Å². The summed E-state index contributed by atoms with van der Waals surface area (Å²) in [5.41, 5.74) is 6.80. The molecular weight excluding hydrogens is 302 g/mol. The van der Waals surface area contributed by atoms with Crippen molar-refractivity contribution < 1.29 is 0 Å². The second kappa shape index (κ2) is 4.47. The van der Waals surface area contributed by atoms with Gasteiger partial charge in [-0.25, -0.2) is 0 Å². The number of benzene rings is 2. The van der Waals surface area contributed by atoms with Gasteiger partial charge in [0.05, 0.1) is 11.2 Å². The zero-order chi connectivity index (χ0) is 13.6. The lowest BCUT2D eigenvalue weighted by Gasteiger charge is -2.14. The molecule has 0 bridgehead atoms. The van der Waals surface area contributed by atoms with Crippen molar-refractivity contribution in [2.24, 2.45) is 5.84 Å². The Morgan fingerprint density at radius 2 is 1.79 bits per heavy atom. The summed E-state index contributed by atoms with van der Waals surface area (Å²) in [7, 11) is 0. The smallest absolute Gasteiger partial charge is 0.0805 e. The number of hydrogen-bond donors (Lipinski definition) is 2. The van der Waals surface area contributed by atoms with Crippen LogP contribution >= 0.6 is 15.9 Å². The fourth-order valence-corrected chi connectivity index (χ4v) is 3.02. The lowest BCUT2D eigenvalue weighted by atomic mass is 10.0. The lowest BCUT2D eigenvalue weighted by Crippen LogP contribution is -2.10. The quantitative estimate of drug-likeness (QED) is 0.404.